The van der Waals surface area contributed by atoms with E-state index in [-0.39, 0.29) is 0 Å². The van der Waals surface area contributed by atoms with Crippen LogP contribution in [0.1, 0.15) is 18.7 Å². The highest BCUT2D eigenvalue weighted by Gasteiger charge is 2.14. The number of thiophene rings is 1. The number of nitrogens with zero attached hydrogens (tertiary/aromatic N) is 2. The van der Waals surface area contributed by atoms with Crippen LogP contribution in [0.4, 0.5) is 0 Å². The van der Waals surface area contributed by atoms with Gasteiger partial charge in [-0.1, -0.05) is 6.92 Å². The van der Waals surface area contributed by atoms with Crippen molar-refractivity contribution in [3.8, 4) is 0 Å². The number of halogens is 1. The topological polar surface area (TPSA) is 6.48 Å². The molecule has 92 valence electrons. The summed E-state index contributed by atoms with van der Waals surface area (Å²) in [5.74, 6) is 0. The Morgan fingerprint density at radius 1 is 1.44 bits per heavy atom. The smallest absolute Gasteiger partial charge is 0.0342 e. The molecule has 1 heterocycles. The summed E-state index contributed by atoms with van der Waals surface area (Å²) in [5.41, 5.74) is 0. The molecule has 1 aromatic heterocycles. The minimum atomic E-state index is 0.592. The molecule has 1 atom stereocenters. The van der Waals surface area contributed by atoms with E-state index < -0.39 is 0 Å². The maximum absolute atomic E-state index is 3.60. The van der Waals surface area contributed by atoms with Gasteiger partial charge in [0.2, 0.25) is 0 Å². The first-order valence-corrected chi connectivity index (χ1v) is 7.32. The third kappa shape index (κ3) is 4.17. The Bertz CT molecular complexity index is 312. The molecular formula is C12H21BrN2S. The van der Waals surface area contributed by atoms with Crippen LogP contribution in [-0.4, -0.2) is 43.0 Å². The lowest BCUT2D eigenvalue weighted by Gasteiger charge is -2.29. The molecule has 0 saturated heterocycles. The normalized spacial score (nSPS) is 13.7. The molecule has 1 unspecified atom stereocenters. The maximum atomic E-state index is 3.60. The molecule has 0 aliphatic carbocycles. The van der Waals surface area contributed by atoms with Crippen molar-refractivity contribution in [2.24, 2.45) is 0 Å². The molecule has 0 radical (unpaired) electrons. The van der Waals surface area contributed by atoms with Crippen LogP contribution in [0.5, 0.6) is 0 Å². The minimum absolute atomic E-state index is 0.592. The standard InChI is InChI=1S/C12H21BrN2S/c1-5-15(10(2)8-14(3)4)9-12-11(13)6-7-16-12/h6-7,10H,5,8-9H2,1-4H3. The van der Waals surface area contributed by atoms with E-state index in [0.29, 0.717) is 6.04 Å². The third-order valence-electron chi connectivity index (χ3n) is 2.70. The lowest BCUT2D eigenvalue weighted by molar-refractivity contribution is 0.175. The molecule has 0 aliphatic heterocycles. The van der Waals surface area contributed by atoms with Gasteiger partial charge in [-0.25, -0.2) is 0 Å². The van der Waals surface area contributed by atoms with Gasteiger partial charge in [0.05, 0.1) is 0 Å². The van der Waals surface area contributed by atoms with Crippen molar-refractivity contribution in [3.05, 3.63) is 20.8 Å². The van der Waals surface area contributed by atoms with Gasteiger partial charge in [-0.05, 0) is 54.9 Å². The van der Waals surface area contributed by atoms with Crippen LogP contribution in [0.2, 0.25) is 0 Å². The average molecular weight is 305 g/mol. The van der Waals surface area contributed by atoms with Crippen molar-refractivity contribution in [2.45, 2.75) is 26.4 Å². The maximum Gasteiger partial charge on any atom is 0.0342 e. The van der Waals surface area contributed by atoms with Gasteiger partial charge >= 0.3 is 0 Å². The zero-order valence-corrected chi connectivity index (χ0v) is 12.9. The third-order valence-corrected chi connectivity index (χ3v) is 4.61. The molecular weight excluding hydrogens is 284 g/mol. The van der Waals surface area contributed by atoms with Crippen LogP contribution in [0, 0.1) is 0 Å². The summed E-state index contributed by atoms with van der Waals surface area (Å²) in [6, 6.07) is 2.72. The first-order valence-electron chi connectivity index (χ1n) is 5.65. The van der Waals surface area contributed by atoms with Gasteiger partial charge in [-0.2, -0.15) is 0 Å². The van der Waals surface area contributed by atoms with E-state index in [1.807, 2.05) is 11.3 Å². The van der Waals surface area contributed by atoms with Gasteiger partial charge in [0.25, 0.3) is 0 Å². The van der Waals surface area contributed by atoms with Crippen LogP contribution in [0.3, 0.4) is 0 Å². The predicted octanol–water partition coefficient (Wildman–Crippen LogP) is 3.28. The molecule has 0 saturated carbocycles. The van der Waals surface area contributed by atoms with Crippen molar-refractivity contribution >= 4 is 27.3 Å². The zero-order valence-electron chi connectivity index (χ0n) is 10.5. The number of hydrogen-bond acceptors (Lipinski definition) is 3. The van der Waals surface area contributed by atoms with E-state index in [1.54, 1.807) is 0 Å². The van der Waals surface area contributed by atoms with E-state index in [9.17, 15) is 0 Å². The van der Waals surface area contributed by atoms with Crippen LogP contribution < -0.4 is 0 Å². The highest BCUT2D eigenvalue weighted by atomic mass is 79.9. The lowest BCUT2D eigenvalue weighted by atomic mass is 10.2. The van der Waals surface area contributed by atoms with Crippen LogP contribution in [-0.2, 0) is 6.54 Å². The molecule has 1 rings (SSSR count). The molecule has 4 heteroatoms. The molecule has 0 fully saturated rings. The summed E-state index contributed by atoms with van der Waals surface area (Å²) in [4.78, 5) is 6.18. The highest BCUT2D eigenvalue weighted by Crippen LogP contribution is 2.24. The van der Waals surface area contributed by atoms with E-state index in [0.717, 1.165) is 19.6 Å². The molecule has 0 aliphatic rings. The molecule has 0 N–H and O–H groups in total. The summed E-state index contributed by atoms with van der Waals surface area (Å²) < 4.78 is 1.24. The summed E-state index contributed by atoms with van der Waals surface area (Å²) in [7, 11) is 4.26. The summed E-state index contributed by atoms with van der Waals surface area (Å²) in [5, 5.41) is 2.14. The van der Waals surface area contributed by atoms with Gasteiger partial charge in [0.1, 0.15) is 0 Å². The minimum Gasteiger partial charge on any atom is -0.308 e. The van der Waals surface area contributed by atoms with E-state index >= 15 is 0 Å². The van der Waals surface area contributed by atoms with Crippen molar-refractivity contribution in [2.75, 3.05) is 27.2 Å². The zero-order chi connectivity index (χ0) is 12.1. The Kier molecular flexibility index (Phi) is 5.97. The molecule has 0 aromatic carbocycles. The second-order valence-electron chi connectivity index (χ2n) is 4.37. The monoisotopic (exact) mass is 304 g/mol. The molecule has 2 nitrogen and oxygen atoms in total. The van der Waals surface area contributed by atoms with E-state index in [2.05, 4.69) is 65.1 Å². The largest absolute Gasteiger partial charge is 0.308 e. The van der Waals surface area contributed by atoms with Crippen molar-refractivity contribution in [1.29, 1.82) is 0 Å². The molecule has 1 aromatic rings. The van der Waals surface area contributed by atoms with Gasteiger partial charge in [0.15, 0.2) is 0 Å². The average Bonchev–Trinajstić information content (AvgIpc) is 2.59. The second-order valence-corrected chi connectivity index (χ2v) is 6.22. The molecule has 0 amide bonds. The van der Waals surface area contributed by atoms with Crippen LogP contribution in [0.15, 0.2) is 15.9 Å². The Morgan fingerprint density at radius 3 is 2.56 bits per heavy atom. The molecule has 0 bridgehead atoms. The van der Waals surface area contributed by atoms with Crippen molar-refractivity contribution < 1.29 is 0 Å². The highest BCUT2D eigenvalue weighted by molar-refractivity contribution is 9.10. The first-order chi connectivity index (χ1) is 7.54. The van der Waals surface area contributed by atoms with Crippen molar-refractivity contribution in [1.82, 2.24) is 9.80 Å². The van der Waals surface area contributed by atoms with Gasteiger partial charge in [0, 0.05) is 28.5 Å². The molecule has 16 heavy (non-hydrogen) atoms. The Balaban J connectivity index is 2.58. The Hall–Kier alpha value is 0.1000. The fourth-order valence-corrected chi connectivity index (χ4v) is 3.35. The van der Waals surface area contributed by atoms with Crippen LogP contribution >= 0.6 is 27.3 Å². The molecule has 0 spiro atoms. The first kappa shape index (κ1) is 14.2. The number of rotatable bonds is 6. The van der Waals surface area contributed by atoms with Gasteiger partial charge < -0.3 is 4.90 Å². The quantitative estimate of drug-likeness (QED) is 0.796. The second kappa shape index (κ2) is 6.74. The van der Waals surface area contributed by atoms with E-state index in [4.69, 9.17) is 0 Å². The van der Waals surface area contributed by atoms with Gasteiger partial charge in [-0.15, -0.1) is 11.3 Å². The lowest BCUT2D eigenvalue weighted by Crippen LogP contribution is -2.39. The predicted molar refractivity (Wildman–Crippen MR) is 76.1 cm³/mol. The fourth-order valence-electron chi connectivity index (χ4n) is 1.85. The SMILES string of the molecule is CCN(Cc1sccc1Br)C(C)CN(C)C. The Morgan fingerprint density at radius 2 is 2.12 bits per heavy atom. The fraction of sp³-hybridized carbons (Fsp3) is 0.667. The summed E-state index contributed by atoms with van der Waals surface area (Å²) in [6.07, 6.45) is 0. The number of likely N-dealkylation sites (N-methyl/N-ethyl adjacent to an activating group) is 2. The van der Waals surface area contributed by atoms with E-state index in [1.165, 1.54) is 9.35 Å². The Labute approximate surface area is 111 Å². The van der Waals surface area contributed by atoms with Gasteiger partial charge in [-0.3, -0.25) is 4.90 Å². The number of hydrogen-bond donors (Lipinski definition) is 0. The summed E-state index contributed by atoms with van der Waals surface area (Å²) >= 11 is 5.42. The summed E-state index contributed by atoms with van der Waals surface area (Å²) in [6.45, 7) is 7.78. The van der Waals surface area contributed by atoms with Crippen molar-refractivity contribution in [3.63, 3.8) is 0 Å². The van der Waals surface area contributed by atoms with Crippen LogP contribution in [0.25, 0.3) is 0 Å².